The Bertz CT molecular complexity index is 837. The van der Waals surface area contributed by atoms with Crippen LogP contribution < -0.4 is 10.6 Å². The Hall–Kier alpha value is -2.14. The molecule has 4 nitrogen and oxygen atoms in total. The van der Waals surface area contributed by atoms with E-state index >= 15 is 0 Å². The van der Waals surface area contributed by atoms with Crippen molar-refractivity contribution in [1.29, 1.82) is 0 Å². The molecular weight excluding hydrogens is 368 g/mol. The monoisotopic (exact) mass is 394 g/mol. The lowest BCUT2D eigenvalue weighted by molar-refractivity contribution is -0.115. The zero-order chi connectivity index (χ0) is 19.1. The van der Waals surface area contributed by atoms with Crippen LogP contribution in [0.1, 0.15) is 53.8 Å². The van der Waals surface area contributed by atoms with Crippen LogP contribution in [0, 0.1) is 17.8 Å². The average molecular weight is 395 g/mol. The molecule has 4 aliphatic rings. The standard InChI is InChI=1S/C23H26N2O2S/c26-21(14-24-22(27)20-2-1-7-28-20)25-19-5-3-18(4-6-19)23-11-15-8-16(12-23)10-17(9-15)13-23/h1-7,15-17H,8-14H2,(H,24,27)(H,25,26). The maximum Gasteiger partial charge on any atom is 0.261 e. The van der Waals surface area contributed by atoms with E-state index in [1.165, 1.54) is 55.4 Å². The third-order valence-corrected chi connectivity index (χ3v) is 7.84. The van der Waals surface area contributed by atoms with Crippen LogP contribution in [0.15, 0.2) is 41.8 Å². The van der Waals surface area contributed by atoms with Crippen molar-refractivity contribution in [3.63, 3.8) is 0 Å². The number of hydrogen-bond donors (Lipinski definition) is 2. The van der Waals surface area contributed by atoms with Crippen LogP contribution in [-0.2, 0) is 10.2 Å². The molecule has 146 valence electrons. The fourth-order valence-electron chi connectivity index (χ4n) is 6.23. The maximum absolute atomic E-state index is 12.2. The second-order valence-corrected chi connectivity index (χ2v) is 9.93. The third-order valence-electron chi connectivity index (χ3n) is 6.97. The Kier molecular flexibility index (Phi) is 4.50. The molecule has 0 spiro atoms. The molecule has 1 aromatic heterocycles. The van der Waals surface area contributed by atoms with Crippen LogP contribution in [0.5, 0.6) is 0 Å². The molecule has 2 N–H and O–H groups in total. The molecule has 4 saturated carbocycles. The first-order valence-electron chi connectivity index (χ1n) is 10.3. The van der Waals surface area contributed by atoms with Gasteiger partial charge < -0.3 is 10.6 Å². The molecule has 1 heterocycles. The van der Waals surface area contributed by atoms with Crippen molar-refractivity contribution in [3.8, 4) is 0 Å². The van der Waals surface area contributed by atoms with Crippen molar-refractivity contribution in [1.82, 2.24) is 5.32 Å². The summed E-state index contributed by atoms with van der Waals surface area (Å²) >= 11 is 1.37. The molecule has 4 bridgehead atoms. The lowest BCUT2D eigenvalue weighted by Crippen LogP contribution is -2.48. The van der Waals surface area contributed by atoms with E-state index in [2.05, 4.69) is 22.8 Å². The topological polar surface area (TPSA) is 58.2 Å². The number of nitrogens with one attached hydrogen (secondary N) is 2. The van der Waals surface area contributed by atoms with Crippen molar-refractivity contribution in [2.24, 2.45) is 17.8 Å². The highest BCUT2D eigenvalue weighted by atomic mass is 32.1. The lowest BCUT2D eigenvalue weighted by atomic mass is 9.48. The lowest BCUT2D eigenvalue weighted by Gasteiger charge is -2.57. The van der Waals surface area contributed by atoms with Gasteiger partial charge in [-0.1, -0.05) is 18.2 Å². The van der Waals surface area contributed by atoms with E-state index in [9.17, 15) is 9.59 Å². The number of carbonyl (C=O) groups excluding carboxylic acids is 2. The van der Waals surface area contributed by atoms with Crippen molar-refractivity contribution >= 4 is 28.8 Å². The summed E-state index contributed by atoms with van der Waals surface area (Å²) in [4.78, 5) is 24.7. The summed E-state index contributed by atoms with van der Waals surface area (Å²) in [5.41, 5.74) is 2.63. The summed E-state index contributed by atoms with van der Waals surface area (Å²) in [5.74, 6) is 2.38. The van der Waals surface area contributed by atoms with Gasteiger partial charge in [-0.25, -0.2) is 0 Å². The quantitative estimate of drug-likeness (QED) is 0.780. The van der Waals surface area contributed by atoms with Gasteiger partial charge in [0.1, 0.15) is 0 Å². The maximum atomic E-state index is 12.2. The van der Waals surface area contributed by atoms with Gasteiger partial charge in [0, 0.05) is 5.69 Å². The summed E-state index contributed by atoms with van der Waals surface area (Å²) in [7, 11) is 0. The van der Waals surface area contributed by atoms with E-state index in [-0.39, 0.29) is 18.4 Å². The highest BCUT2D eigenvalue weighted by molar-refractivity contribution is 7.12. The summed E-state index contributed by atoms with van der Waals surface area (Å²) in [5, 5.41) is 7.41. The van der Waals surface area contributed by atoms with Crippen molar-refractivity contribution in [2.45, 2.75) is 43.9 Å². The molecule has 0 atom stereocenters. The van der Waals surface area contributed by atoms with Gasteiger partial charge in [0.15, 0.2) is 0 Å². The van der Waals surface area contributed by atoms with Gasteiger partial charge in [0.2, 0.25) is 5.91 Å². The van der Waals surface area contributed by atoms with Gasteiger partial charge >= 0.3 is 0 Å². The number of thiophene rings is 1. The number of carbonyl (C=O) groups is 2. The van der Waals surface area contributed by atoms with Gasteiger partial charge in [-0.05, 0) is 90.8 Å². The van der Waals surface area contributed by atoms with E-state index in [0.717, 1.165) is 23.4 Å². The number of rotatable bonds is 5. The molecule has 6 rings (SSSR count). The van der Waals surface area contributed by atoms with Gasteiger partial charge in [-0.15, -0.1) is 11.3 Å². The predicted molar refractivity (Wildman–Crippen MR) is 112 cm³/mol. The number of amides is 2. The molecule has 0 unspecified atom stereocenters. The van der Waals surface area contributed by atoms with Crippen LogP contribution >= 0.6 is 11.3 Å². The Morgan fingerprint density at radius 2 is 1.61 bits per heavy atom. The van der Waals surface area contributed by atoms with Gasteiger partial charge in [0.25, 0.3) is 5.91 Å². The fourth-order valence-corrected chi connectivity index (χ4v) is 6.87. The van der Waals surface area contributed by atoms with Crippen molar-refractivity contribution in [3.05, 3.63) is 52.2 Å². The van der Waals surface area contributed by atoms with E-state index in [1.807, 2.05) is 23.6 Å². The molecule has 0 radical (unpaired) electrons. The molecule has 4 fully saturated rings. The van der Waals surface area contributed by atoms with Crippen LogP contribution in [-0.4, -0.2) is 18.4 Å². The van der Waals surface area contributed by atoms with Crippen LogP contribution in [0.25, 0.3) is 0 Å². The van der Waals surface area contributed by atoms with Gasteiger partial charge in [-0.3, -0.25) is 9.59 Å². The van der Waals surface area contributed by atoms with Gasteiger partial charge in [0.05, 0.1) is 11.4 Å². The summed E-state index contributed by atoms with van der Waals surface area (Å²) in [6, 6.07) is 12.0. The van der Waals surface area contributed by atoms with E-state index in [1.54, 1.807) is 6.07 Å². The summed E-state index contributed by atoms with van der Waals surface area (Å²) < 4.78 is 0. The number of hydrogen-bond acceptors (Lipinski definition) is 3. The third kappa shape index (κ3) is 3.37. The zero-order valence-corrected chi connectivity index (χ0v) is 16.8. The van der Waals surface area contributed by atoms with Crippen LogP contribution in [0.2, 0.25) is 0 Å². The molecule has 1 aromatic carbocycles. The molecule has 28 heavy (non-hydrogen) atoms. The Labute approximate surface area is 169 Å². The molecule has 2 amide bonds. The SMILES string of the molecule is O=C(CNC(=O)c1cccs1)Nc1ccc(C23CC4CC(CC(C4)C2)C3)cc1. The van der Waals surface area contributed by atoms with Gasteiger partial charge in [-0.2, -0.15) is 0 Å². The minimum Gasteiger partial charge on any atom is -0.342 e. The minimum absolute atomic E-state index is 0.0204. The predicted octanol–water partition coefficient (Wildman–Crippen LogP) is 4.58. The smallest absolute Gasteiger partial charge is 0.261 e. The highest BCUT2D eigenvalue weighted by Gasteiger charge is 2.51. The molecule has 0 aliphatic heterocycles. The normalized spacial score (nSPS) is 30.2. The molecular formula is C23H26N2O2S. The van der Waals surface area contributed by atoms with E-state index in [0.29, 0.717) is 10.3 Å². The Balaban J connectivity index is 1.20. The van der Waals surface area contributed by atoms with Crippen molar-refractivity contribution < 1.29 is 9.59 Å². The average Bonchev–Trinajstić information content (AvgIpc) is 3.20. The minimum atomic E-state index is -0.206. The van der Waals surface area contributed by atoms with E-state index < -0.39 is 0 Å². The molecule has 4 aliphatic carbocycles. The van der Waals surface area contributed by atoms with Crippen LogP contribution in [0.3, 0.4) is 0 Å². The van der Waals surface area contributed by atoms with Crippen molar-refractivity contribution in [2.75, 3.05) is 11.9 Å². The second kappa shape index (κ2) is 7.03. The number of benzene rings is 1. The summed E-state index contributed by atoms with van der Waals surface area (Å²) in [6.45, 7) is -0.0204. The number of anilines is 1. The molecule has 5 heteroatoms. The second-order valence-electron chi connectivity index (χ2n) is 8.98. The molecule has 2 aromatic rings. The largest absolute Gasteiger partial charge is 0.342 e. The van der Waals surface area contributed by atoms with E-state index in [4.69, 9.17) is 0 Å². The zero-order valence-electron chi connectivity index (χ0n) is 15.9. The van der Waals surface area contributed by atoms with Crippen LogP contribution in [0.4, 0.5) is 5.69 Å². The first-order valence-corrected chi connectivity index (χ1v) is 11.2. The molecule has 0 saturated heterocycles. The summed E-state index contributed by atoms with van der Waals surface area (Å²) in [6.07, 6.45) is 8.39. The highest BCUT2D eigenvalue weighted by Crippen LogP contribution is 2.60. The first kappa shape index (κ1) is 17.9. The Morgan fingerprint density at radius 3 is 2.18 bits per heavy atom. The fraction of sp³-hybridized carbons (Fsp3) is 0.478. The Morgan fingerprint density at radius 1 is 0.964 bits per heavy atom. The first-order chi connectivity index (χ1) is 13.6.